The van der Waals surface area contributed by atoms with E-state index in [1.807, 2.05) is 24.3 Å². The molecule has 20 heavy (non-hydrogen) atoms. The highest BCUT2D eigenvalue weighted by atomic mass is 16.5. The maximum Gasteiger partial charge on any atom is 0.125 e. The summed E-state index contributed by atoms with van der Waals surface area (Å²) in [5.74, 6) is 1.67. The lowest BCUT2D eigenvalue weighted by Gasteiger charge is -2.43. The third-order valence-corrected chi connectivity index (χ3v) is 4.56. The van der Waals surface area contributed by atoms with Gasteiger partial charge in [-0.3, -0.25) is 0 Å². The van der Waals surface area contributed by atoms with E-state index in [1.165, 1.54) is 6.42 Å². The van der Waals surface area contributed by atoms with Crippen molar-refractivity contribution in [2.24, 2.45) is 11.8 Å². The smallest absolute Gasteiger partial charge is 0.125 e. The van der Waals surface area contributed by atoms with E-state index in [2.05, 4.69) is 20.8 Å². The number of aliphatic hydroxyl groups is 1. The zero-order valence-corrected chi connectivity index (χ0v) is 13.1. The van der Waals surface area contributed by atoms with Crippen LogP contribution in [0.25, 0.3) is 0 Å². The molecule has 0 radical (unpaired) electrons. The van der Waals surface area contributed by atoms with E-state index in [0.29, 0.717) is 18.4 Å². The van der Waals surface area contributed by atoms with Crippen LogP contribution in [0.1, 0.15) is 58.4 Å². The average molecular weight is 276 g/mol. The number of hydrogen-bond acceptors (Lipinski definition) is 2. The summed E-state index contributed by atoms with van der Waals surface area (Å²) in [4.78, 5) is 0. The predicted octanol–water partition coefficient (Wildman–Crippen LogP) is 4.51. The van der Waals surface area contributed by atoms with Crippen molar-refractivity contribution in [2.75, 3.05) is 6.61 Å². The molecule has 0 bridgehead atoms. The first-order valence-corrected chi connectivity index (χ1v) is 8.04. The topological polar surface area (TPSA) is 29.5 Å². The van der Waals surface area contributed by atoms with Gasteiger partial charge in [-0.25, -0.2) is 0 Å². The van der Waals surface area contributed by atoms with Gasteiger partial charge in [0.1, 0.15) is 5.75 Å². The van der Waals surface area contributed by atoms with E-state index in [-0.39, 0.29) is 0 Å². The molecule has 2 heteroatoms. The summed E-state index contributed by atoms with van der Waals surface area (Å²) in [5.41, 5.74) is 0.267. The van der Waals surface area contributed by atoms with Gasteiger partial charge >= 0.3 is 0 Å². The van der Waals surface area contributed by atoms with Crippen molar-refractivity contribution in [2.45, 2.75) is 58.5 Å². The summed E-state index contributed by atoms with van der Waals surface area (Å²) >= 11 is 0. The van der Waals surface area contributed by atoms with Crippen molar-refractivity contribution in [3.05, 3.63) is 29.8 Å². The fourth-order valence-corrected chi connectivity index (χ4v) is 3.56. The normalized spacial score (nSPS) is 26.8. The molecule has 2 atom stereocenters. The van der Waals surface area contributed by atoms with Crippen LogP contribution in [0.4, 0.5) is 0 Å². The fraction of sp³-hybridized carbons (Fsp3) is 0.667. The second kappa shape index (κ2) is 6.62. The molecule has 2 rings (SSSR count). The molecule has 1 aliphatic carbocycles. The number of para-hydroxylation sites is 1. The van der Waals surface area contributed by atoms with E-state index in [0.717, 1.165) is 37.0 Å². The van der Waals surface area contributed by atoms with Gasteiger partial charge in [-0.2, -0.15) is 0 Å². The molecule has 1 fully saturated rings. The molecule has 0 spiro atoms. The van der Waals surface area contributed by atoms with Crippen LogP contribution >= 0.6 is 0 Å². The van der Waals surface area contributed by atoms with Gasteiger partial charge in [0, 0.05) is 5.56 Å². The summed E-state index contributed by atoms with van der Waals surface area (Å²) in [6.45, 7) is 7.25. The van der Waals surface area contributed by atoms with E-state index in [9.17, 15) is 5.11 Å². The minimum absolute atomic E-state index is 0.322. The summed E-state index contributed by atoms with van der Waals surface area (Å²) in [7, 11) is 0. The van der Waals surface area contributed by atoms with Crippen molar-refractivity contribution >= 4 is 0 Å². The summed E-state index contributed by atoms with van der Waals surface area (Å²) in [5, 5.41) is 11.4. The van der Waals surface area contributed by atoms with Crippen LogP contribution in [0.5, 0.6) is 5.75 Å². The van der Waals surface area contributed by atoms with Crippen LogP contribution in [-0.2, 0) is 5.60 Å². The largest absolute Gasteiger partial charge is 0.493 e. The molecule has 1 aliphatic rings. The van der Waals surface area contributed by atoms with Crippen molar-refractivity contribution in [1.29, 1.82) is 0 Å². The van der Waals surface area contributed by atoms with Gasteiger partial charge in [0.2, 0.25) is 0 Å². The molecule has 0 aliphatic heterocycles. The highest BCUT2D eigenvalue weighted by molar-refractivity contribution is 5.39. The van der Waals surface area contributed by atoms with Crippen LogP contribution < -0.4 is 4.74 Å². The lowest BCUT2D eigenvalue weighted by molar-refractivity contribution is -0.0737. The first-order valence-electron chi connectivity index (χ1n) is 8.04. The van der Waals surface area contributed by atoms with Gasteiger partial charge in [-0.15, -0.1) is 0 Å². The van der Waals surface area contributed by atoms with Crippen molar-refractivity contribution < 1.29 is 9.84 Å². The van der Waals surface area contributed by atoms with Gasteiger partial charge in [0.05, 0.1) is 12.2 Å². The Morgan fingerprint density at radius 3 is 2.75 bits per heavy atom. The number of hydrogen-bond donors (Lipinski definition) is 1. The third kappa shape index (κ3) is 3.01. The molecule has 0 aromatic heterocycles. The molecule has 1 N–H and O–H groups in total. The highest BCUT2D eigenvalue weighted by Crippen LogP contribution is 2.47. The van der Waals surface area contributed by atoms with Crippen molar-refractivity contribution in [3.8, 4) is 5.75 Å². The predicted molar refractivity (Wildman–Crippen MR) is 82.9 cm³/mol. The third-order valence-electron chi connectivity index (χ3n) is 4.56. The Labute approximate surface area is 123 Å². The Morgan fingerprint density at radius 1 is 1.30 bits per heavy atom. The first kappa shape index (κ1) is 15.4. The maximum absolute atomic E-state index is 11.4. The van der Waals surface area contributed by atoms with Crippen molar-refractivity contribution in [3.63, 3.8) is 0 Å². The standard InChI is InChI=1S/C18H28O2/c1-4-13-20-17-11-6-5-10-16(17)18(19)12-8-7-9-15(18)14(2)3/h5-6,10-11,14-15,19H,4,7-9,12-13H2,1-3H3. The highest BCUT2D eigenvalue weighted by Gasteiger charge is 2.43. The van der Waals surface area contributed by atoms with Gasteiger partial charge in [0.25, 0.3) is 0 Å². The van der Waals surface area contributed by atoms with Gasteiger partial charge in [-0.1, -0.05) is 51.8 Å². The van der Waals surface area contributed by atoms with Gasteiger partial charge < -0.3 is 9.84 Å². The lowest BCUT2D eigenvalue weighted by atomic mass is 9.67. The van der Waals surface area contributed by atoms with Gasteiger partial charge in [0.15, 0.2) is 0 Å². The maximum atomic E-state index is 11.4. The molecule has 2 unspecified atom stereocenters. The molecule has 2 nitrogen and oxygen atoms in total. The Bertz CT molecular complexity index is 427. The second-order valence-electron chi connectivity index (χ2n) is 6.37. The zero-order chi connectivity index (χ0) is 14.6. The lowest BCUT2D eigenvalue weighted by Crippen LogP contribution is -2.41. The van der Waals surface area contributed by atoms with Crippen LogP contribution in [0.15, 0.2) is 24.3 Å². The Morgan fingerprint density at radius 2 is 2.05 bits per heavy atom. The molecule has 1 saturated carbocycles. The molecule has 112 valence electrons. The number of rotatable bonds is 5. The Balaban J connectivity index is 2.36. The molecule has 1 aromatic rings. The van der Waals surface area contributed by atoms with E-state index in [1.54, 1.807) is 0 Å². The van der Waals surface area contributed by atoms with E-state index in [4.69, 9.17) is 4.74 Å². The van der Waals surface area contributed by atoms with Crippen LogP contribution in [0.2, 0.25) is 0 Å². The van der Waals surface area contributed by atoms with Crippen molar-refractivity contribution in [1.82, 2.24) is 0 Å². The average Bonchev–Trinajstić information content (AvgIpc) is 2.45. The van der Waals surface area contributed by atoms with Crippen LogP contribution in [0.3, 0.4) is 0 Å². The molecule has 0 saturated heterocycles. The monoisotopic (exact) mass is 276 g/mol. The van der Waals surface area contributed by atoms with Gasteiger partial charge in [-0.05, 0) is 37.2 Å². The van der Waals surface area contributed by atoms with Crippen LogP contribution in [0, 0.1) is 11.8 Å². The minimum Gasteiger partial charge on any atom is -0.493 e. The quantitative estimate of drug-likeness (QED) is 0.857. The van der Waals surface area contributed by atoms with E-state index < -0.39 is 5.60 Å². The molecule has 1 aromatic carbocycles. The zero-order valence-electron chi connectivity index (χ0n) is 13.1. The molecule has 0 amide bonds. The first-order chi connectivity index (χ1) is 9.59. The minimum atomic E-state index is -0.725. The Hall–Kier alpha value is -1.02. The molecular weight excluding hydrogens is 248 g/mol. The Kier molecular flexibility index (Phi) is 5.09. The fourth-order valence-electron chi connectivity index (χ4n) is 3.56. The SMILES string of the molecule is CCCOc1ccccc1C1(O)CCCCC1C(C)C. The number of benzene rings is 1. The second-order valence-corrected chi connectivity index (χ2v) is 6.37. The summed E-state index contributed by atoms with van der Waals surface area (Å²) in [6.07, 6.45) is 5.27. The molecular formula is C18H28O2. The van der Waals surface area contributed by atoms with Crippen LogP contribution in [-0.4, -0.2) is 11.7 Å². The summed E-state index contributed by atoms with van der Waals surface area (Å²) in [6, 6.07) is 8.05. The molecule has 0 heterocycles. The summed E-state index contributed by atoms with van der Waals surface area (Å²) < 4.78 is 5.87. The van der Waals surface area contributed by atoms with E-state index >= 15 is 0 Å². The number of ether oxygens (including phenoxy) is 1.